The van der Waals surface area contributed by atoms with Gasteiger partial charge in [-0.3, -0.25) is 9.10 Å². The molecule has 0 radical (unpaired) electrons. The molecule has 3 aromatic carbocycles. The molecule has 0 saturated carbocycles. The zero-order chi connectivity index (χ0) is 24.9. The number of rotatable bonds is 8. The van der Waals surface area contributed by atoms with Crippen molar-refractivity contribution in [1.29, 1.82) is 0 Å². The second kappa shape index (κ2) is 10.4. The van der Waals surface area contributed by atoms with Crippen molar-refractivity contribution in [1.82, 2.24) is 0 Å². The van der Waals surface area contributed by atoms with Gasteiger partial charge in [0.25, 0.3) is 10.0 Å². The number of halogens is 4. The predicted octanol–water partition coefficient (Wildman–Crippen LogP) is 5.59. The molecule has 34 heavy (non-hydrogen) atoms. The number of carbonyl (C=O) groups is 1. The third kappa shape index (κ3) is 5.81. The highest BCUT2D eigenvalue weighted by atomic mass is 35.5. The summed E-state index contributed by atoms with van der Waals surface area (Å²) in [6, 6.07) is 16.4. The lowest BCUT2D eigenvalue weighted by Crippen LogP contribution is -2.38. The summed E-state index contributed by atoms with van der Waals surface area (Å²) in [5, 5.41) is 1.99. The minimum Gasteiger partial charge on any atom is -0.492 e. The van der Waals surface area contributed by atoms with Crippen LogP contribution in [0, 0.1) is 0 Å². The number of para-hydroxylation sites is 2. The maximum absolute atomic E-state index is 13.4. The van der Waals surface area contributed by atoms with Gasteiger partial charge in [0.2, 0.25) is 5.91 Å². The molecule has 0 unspecified atom stereocenters. The number of nitrogens with zero attached hydrogens (tertiary/aromatic N) is 1. The Morgan fingerprint density at radius 2 is 1.68 bits per heavy atom. The third-order valence-electron chi connectivity index (χ3n) is 4.61. The number of amides is 1. The lowest BCUT2D eigenvalue weighted by molar-refractivity contribution is -0.137. The Balaban J connectivity index is 2.02. The van der Waals surface area contributed by atoms with Crippen LogP contribution in [0.15, 0.2) is 77.7 Å². The molecule has 0 atom stereocenters. The highest BCUT2D eigenvalue weighted by Crippen LogP contribution is 2.37. The molecule has 0 aromatic heterocycles. The molecule has 11 heteroatoms. The van der Waals surface area contributed by atoms with Crippen molar-refractivity contribution in [3.63, 3.8) is 0 Å². The van der Waals surface area contributed by atoms with E-state index < -0.39 is 39.9 Å². The third-order valence-corrected chi connectivity index (χ3v) is 6.62. The number of alkyl halides is 3. The maximum Gasteiger partial charge on any atom is 0.418 e. The molecule has 0 saturated heterocycles. The molecule has 3 rings (SSSR count). The number of hydrogen-bond donors (Lipinski definition) is 1. The van der Waals surface area contributed by atoms with Crippen LogP contribution >= 0.6 is 11.6 Å². The highest BCUT2D eigenvalue weighted by Gasteiger charge is 2.35. The van der Waals surface area contributed by atoms with E-state index in [4.69, 9.17) is 16.3 Å². The van der Waals surface area contributed by atoms with Gasteiger partial charge in [0, 0.05) is 5.02 Å². The standard InChI is InChI=1S/C23H20ClF3N2O4S/c1-2-33-21-11-7-6-10-20(21)29(34(31,32)17-8-4-3-5-9-17)15-22(30)28-19-13-12-16(24)14-18(19)23(25,26)27/h3-14H,2,15H2,1H3,(H,28,30). The molecule has 1 amide bonds. The topological polar surface area (TPSA) is 75.7 Å². The van der Waals surface area contributed by atoms with Gasteiger partial charge in [0.15, 0.2) is 0 Å². The summed E-state index contributed by atoms with van der Waals surface area (Å²) in [5.41, 5.74) is -1.63. The summed E-state index contributed by atoms with van der Waals surface area (Å²) in [6.45, 7) is 1.13. The second-order valence-electron chi connectivity index (χ2n) is 6.96. The average molecular weight is 513 g/mol. The first kappa shape index (κ1) is 25.4. The van der Waals surface area contributed by atoms with Gasteiger partial charge in [-0.05, 0) is 49.4 Å². The van der Waals surface area contributed by atoms with Crippen molar-refractivity contribution in [2.45, 2.75) is 18.0 Å². The molecular weight excluding hydrogens is 493 g/mol. The highest BCUT2D eigenvalue weighted by molar-refractivity contribution is 7.92. The van der Waals surface area contributed by atoms with Crippen LogP contribution in [0.25, 0.3) is 0 Å². The zero-order valence-corrected chi connectivity index (χ0v) is 19.4. The SMILES string of the molecule is CCOc1ccccc1N(CC(=O)Nc1ccc(Cl)cc1C(F)(F)F)S(=O)(=O)c1ccccc1. The van der Waals surface area contributed by atoms with Crippen LogP contribution in [0.4, 0.5) is 24.5 Å². The van der Waals surface area contributed by atoms with Crippen molar-refractivity contribution >= 4 is 38.9 Å². The number of ether oxygens (including phenoxy) is 1. The van der Waals surface area contributed by atoms with Gasteiger partial charge in [-0.25, -0.2) is 8.42 Å². The summed E-state index contributed by atoms with van der Waals surface area (Å²) in [6.07, 6.45) is -4.79. The van der Waals surface area contributed by atoms with Gasteiger partial charge < -0.3 is 10.1 Å². The van der Waals surface area contributed by atoms with Crippen molar-refractivity contribution in [3.8, 4) is 5.75 Å². The zero-order valence-electron chi connectivity index (χ0n) is 17.8. The number of anilines is 2. The Bertz CT molecular complexity index is 1270. The fraction of sp³-hybridized carbons (Fsp3) is 0.174. The summed E-state index contributed by atoms with van der Waals surface area (Å²) >= 11 is 5.68. The van der Waals surface area contributed by atoms with E-state index in [0.29, 0.717) is 6.07 Å². The fourth-order valence-corrected chi connectivity index (χ4v) is 4.76. The maximum atomic E-state index is 13.4. The molecule has 6 nitrogen and oxygen atoms in total. The van der Waals surface area contributed by atoms with Crippen LogP contribution in [0.3, 0.4) is 0 Å². The van der Waals surface area contributed by atoms with Crippen LogP contribution < -0.4 is 14.4 Å². The number of benzene rings is 3. The van der Waals surface area contributed by atoms with E-state index in [1.165, 1.54) is 42.5 Å². The Morgan fingerprint density at radius 1 is 1.03 bits per heavy atom. The van der Waals surface area contributed by atoms with E-state index in [9.17, 15) is 26.4 Å². The van der Waals surface area contributed by atoms with Crippen LogP contribution in [0.2, 0.25) is 5.02 Å². The van der Waals surface area contributed by atoms with Gasteiger partial charge in [-0.15, -0.1) is 0 Å². The minimum absolute atomic E-state index is 0.0653. The molecule has 180 valence electrons. The molecular formula is C23H20ClF3N2O4S. The van der Waals surface area contributed by atoms with E-state index >= 15 is 0 Å². The first-order valence-electron chi connectivity index (χ1n) is 10.00. The van der Waals surface area contributed by atoms with Crippen LogP contribution in [0.5, 0.6) is 5.75 Å². The molecule has 0 bridgehead atoms. The van der Waals surface area contributed by atoms with Crippen LogP contribution in [0.1, 0.15) is 12.5 Å². The van der Waals surface area contributed by atoms with E-state index in [1.807, 2.05) is 0 Å². The molecule has 0 aliphatic carbocycles. The number of carbonyl (C=O) groups excluding carboxylic acids is 1. The predicted molar refractivity (Wildman–Crippen MR) is 124 cm³/mol. The second-order valence-corrected chi connectivity index (χ2v) is 9.26. The first-order valence-corrected chi connectivity index (χ1v) is 11.8. The Labute approximate surface area is 200 Å². The van der Waals surface area contributed by atoms with E-state index in [0.717, 1.165) is 10.4 Å². The van der Waals surface area contributed by atoms with Crippen molar-refractivity contribution in [2.75, 3.05) is 22.8 Å². The number of hydrogen-bond acceptors (Lipinski definition) is 4. The molecule has 0 aliphatic rings. The molecule has 0 heterocycles. The molecule has 3 aromatic rings. The van der Waals surface area contributed by atoms with Gasteiger partial charge in [-0.1, -0.05) is 41.9 Å². The largest absolute Gasteiger partial charge is 0.492 e. The minimum atomic E-state index is -4.79. The Kier molecular flexibility index (Phi) is 7.73. The van der Waals surface area contributed by atoms with Gasteiger partial charge in [0.05, 0.1) is 28.4 Å². The van der Waals surface area contributed by atoms with Crippen molar-refractivity contribution in [3.05, 3.63) is 83.4 Å². The normalized spacial score (nSPS) is 11.7. The van der Waals surface area contributed by atoms with Crippen molar-refractivity contribution in [2.24, 2.45) is 0 Å². The summed E-state index contributed by atoms with van der Waals surface area (Å²) < 4.78 is 73.5. The lowest BCUT2D eigenvalue weighted by Gasteiger charge is -2.26. The molecule has 0 fully saturated rings. The number of sulfonamides is 1. The fourth-order valence-electron chi connectivity index (χ4n) is 3.14. The smallest absolute Gasteiger partial charge is 0.418 e. The first-order chi connectivity index (χ1) is 16.0. The van der Waals surface area contributed by atoms with Crippen LogP contribution in [-0.4, -0.2) is 27.5 Å². The van der Waals surface area contributed by atoms with E-state index in [1.54, 1.807) is 25.1 Å². The molecule has 0 spiro atoms. The monoisotopic (exact) mass is 512 g/mol. The van der Waals surface area contributed by atoms with Gasteiger partial charge in [0.1, 0.15) is 12.3 Å². The van der Waals surface area contributed by atoms with E-state index in [-0.39, 0.29) is 28.0 Å². The molecule has 1 N–H and O–H groups in total. The lowest BCUT2D eigenvalue weighted by atomic mass is 10.1. The van der Waals surface area contributed by atoms with Gasteiger partial charge >= 0.3 is 6.18 Å². The van der Waals surface area contributed by atoms with Gasteiger partial charge in [-0.2, -0.15) is 13.2 Å². The Morgan fingerprint density at radius 3 is 2.32 bits per heavy atom. The summed E-state index contributed by atoms with van der Waals surface area (Å²) in [4.78, 5) is 12.7. The van der Waals surface area contributed by atoms with E-state index in [2.05, 4.69) is 5.32 Å². The Hall–Kier alpha value is -3.24. The summed E-state index contributed by atoms with van der Waals surface area (Å²) in [5.74, 6) is -0.793. The molecule has 0 aliphatic heterocycles. The van der Waals surface area contributed by atoms with Crippen LogP contribution in [-0.2, 0) is 21.0 Å². The van der Waals surface area contributed by atoms with Crippen molar-refractivity contribution < 1.29 is 31.1 Å². The average Bonchev–Trinajstić information content (AvgIpc) is 2.79. The quantitative estimate of drug-likeness (QED) is 0.427. The summed E-state index contributed by atoms with van der Waals surface area (Å²) in [7, 11) is -4.28. The number of nitrogens with one attached hydrogen (secondary N) is 1.